The van der Waals surface area contributed by atoms with Gasteiger partial charge in [-0.15, -0.1) is 0 Å². The van der Waals surface area contributed by atoms with Crippen LogP contribution in [-0.4, -0.2) is 163 Å². The van der Waals surface area contributed by atoms with Gasteiger partial charge in [0.1, 0.15) is 18.8 Å². The highest BCUT2D eigenvalue weighted by molar-refractivity contribution is 7.44. The van der Waals surface area contributed by atoms with Crippen LogP contribution in [0, 0.1) is 11.3 Å². The standard InChI is InChI=1S/C28H41N4O7P.C19H24N2O6.C12H20N2O5.C12H16N2O5/c1-7-28(8-2,20-38-40(37-18-12-16-29)32(21(3)4)22(5)6)39-25(31-17-15-24(33)30-27(31)35)19-36-26(34)23-13-10-9-11-14-23;1-3-19(4-2,13-22)27-16(21-11-10-15(23)20-18(21)25)12-26-17(24)14-8-6-5-7-9-14;2*1-3-12(4-2,8-16)19-10(7-15)14-6-5-9(17)13-11(14)18/h9-11,13-15,17,21-22,25H,7-8,12,18-20H2,1-6H3,(H,30,33,35);5-11,16,22H,3-4,12-13H2,1-2H3,(H,20,23,25);5-6,10,15-16H,3-4,7-8H2,1-2H3,(H,13,17,18);5-8,10H,3-4H2,1-2H3,(H,13,17,18)/t25-,40?;16-;2*10-/m1111/s1. The van der Waals surface area contributed by atoms with Gasteiger partial charge in [0.05, 0.1) is 73.5 Å². The van der Waals surface area contributed by atoms with Crippen LogP contribution in [0.3, 0.4) is 0 Å². The molecule has 0 saturated heterocycles. The lowest BCUT2D eigenvalue weighted by Gasteiger charge is -2.40. The highest BCUT2D eigenvalue weighted by Gasteiger charge is 2.38. The van der Waals surface area contributed by atoms with Gasteiger partial charge in [-0.05, 0) is 103 Å². The molecule has 0 spiro atoms. The molecule has 33 nitrogen and oxygen atoms in total. The third-order valence-corrected chi connectivity index (χ3v) is 19.1. The summed E-state index contributed by atoms with van der Waals surface area (Å²) in [6.07, 6.45) is 5.82. The highest BCUT2D eigenvalue weighted by Crippen LogP contribution is 2.47. The molecule has 578 valence electrons. The molecule has 34 heteroatoms. The molecular weight excluding hydrogens is 1390 g/mol. The predicted octanol–water partition coefficient (Wildman–Crippen LogP) is 5.82. The van der Waals surface area contributed by atoms with Crippen molar-refractivity contribution in [1.29, 1.82) is 5.26 Å². The van der Waals surface area contributed by atoms with E-state index in [1.807, 2.05) is 46.5 Å². The number of aliphatic hydroxyl groups excluding tert-OH is 3. The van der Waals surface area contributed by atoms with Gasteiger partial charge in [0.2, 0.25) is 0 Å². The first kappa shape index (κ1) is 90.2. The summed E-state index contributed by atoms with van der Waals surface area (Å²) in [4.78, 5) is 149. The first-order chi connectivity index (χ1) is 50.0. The SMILES string of the molecule is CCC(C=O)(CC)O[C@H](C=O)n1ccc(=O)[nH]c1=O.CCC(CC)(CO)O[C@H](CO)n1ccc(=O)[nH]c1=O.CCC(CC)(CO)O[C@H](COC(=O)c1ccccc1)n1ccc(=O)[nH]c1=O.CCC(CC)(COP(OCCC#N)N(C(C)C)C(C)C)O[C@H](COC(=O)c1ccccc1)n1ccc(=O)[nH]c1=O. The second kappa shape index (κ2) is 45.4. The molecule has 0 aliphatic rings. The number of esters is 2. The third kappa shape index (κ3) is 27.4. The van der Waals surface area contributed by atoms with Gasteiger partial charge in [0.25, 0.3) is 30.8 Å². The number of nitrogens with one attached hydrogen (secondary N) is 4. The largest absolute Gasteiger partial charge is 0.457 e. The number of hydrogen-bond acceptors (Lipinski definition) is 25. The molecule has 0 amide bonds. The minimum Gasteiger partial charge on any atom is -0.457 e. The van der Waals surface area contributed by atoms with E-state index in [4.69, 9.17) is 42.7 Å². The molecule has 1 unspecified atom stereocenters. The lowest BCUT2D eigenvalue weighted by molar-refractivity contribution is -0.166. The minimum absolute atomic E-state index is 0.120. The van der Waals surface area contributed by atoms with Crippen molar-refractivity contribution in [3.63, 3.8) is 0 Å². The number of carbonyl (C=O) groups excluding carboxylic acids is 4. The number of aliphatic hydroxyl groups is 3. The van der Waals surface area contributed by atoms with Crippen LogP contribution < -0.4 is 45.0 Å². The van der Waals surface area contributed by atoms with Crippen LogP contribution in [0.5, 0.6) is 0 Å². The maximum absolute atomic E-state index is 12.7. The number of aromatic nitrogens is 8. The van der Waals surface area contributed by atoms with Gasteiger partial charge in [0.15, 0.2) is 37.5 Å². The molecule has 0 aliphatic carbocycles. The minimum atomic E-state index is -1.53. The number of nitrogens with zero attached hydrogens (tertiary/aromatic N) is 6. The average molecular weight is 1490 g/mol. The molecular formula is C71H101N10O23P. The molecule has 7 N–H and O–H groups in total. The maximum Gasteiger partial charge on any atom is 0.338 e. The Morgan fingerprint density at radius 2 is 0.857 bits per heavy atom. The Kier molecular flexibility index (Phi) is 38.9. The van der Waals surface area contributed by atoms with Crippen molar-refractivity contribution in [2.75, 3.05) is 46.2 Å². The highest BCUT2D eigenvalue weighted by atomic mass is 31.2. The summed E-state index contributed by atoms with van der Waals surface area (Å²) in [5.41, 5.74) is -8.01. The van der Waals surface area contributed by atoms with E-state index in [2.05, 4.69) is 53.4 Å². The zero-order chi connectivity index (χ0) is 78.5. The molecule has 5 atom stereocenters. The maximum atomic E-state index is 12.7. The van der Waals surface area contributed by atoms with E-state index in [-0.39, 0.29) is 58.1 Å². The molecule has 0 fully saturated rings. The lowest BCUT2D eigenvalue weighted by Crippen LogP contribution is -2.44. The molecule has 6 rings (SSSR count). The van der Waals surface area contributed by atoms with Gasteiger partial charge in [-0.2, -0.15) is 5.26 Å². The van der Waals surface area contributed by atoms with E-state index in [9.17, 15) is 72.9 Å². The van der Waals surface area contributed by atoms with Crippen molar-refractivity contribution in [2.24, 2.45) is 0 Å². The van der Waals surface area contributed by atoms with Crippen molar-refractivity contribution in [3.8, 4) is 6.07 Å². The molecule has 0 saturated carbocycles. The summed E-state index contributed by atoms with van der Waals surface area (Å²) in [5, 5.41) is 37.6. The van der Waals surface area contributed by atoms with Crippen molar-refractivity contribution in [3.05, 3.63) is 204 Å². The summed E-state index contributed by atoms with van der Waals surface area (Å²) >= 11 is 0. The van der Waals surface area contributed by atoms with Crippen molar-refractivity contribution >= 4 is 33.0 Å². The summed E-state index contributed by atoms with van der Waals surface area (Å²) < 4.78 is 53.4. The number of benzene rings is 2. The Labute approximate surface area is 607 Å². The van der Waals surface area contributed by atoms with Gasteiger partial charge in [0, 0.05) is 61.1 Å². The second-order valence-corrected chi connectivity index (χ2v) is 25.7. The van der Waals surface area contributed by atoms with Crippen molar-refractivity contribution in [2.45, 2.75) is 200 Å². The third-order valence-electron chi connectivity index (χ3n) is 17.1. The Morgan fingerprint density at radius 3 is 1.16 bits per heavy atom. The van der Waals surface area contributed by atoms with Crippen molar-refractivity contribution in [1.82, 2.24) is 42.9 Å². The first-order valence-electron chi connectivity index (χ1n) is 34.4. The normalized spacial score (nSPS) is 13.1. The number of aldehydes is 2. The number of ether oxygens (including phenoxy) is 6. The van der Waals surface area contributed by atoms with Crippen LogP contribution in [0.25, 0.3) is 0 Å². The van der Waals surface area contributed by atoms with E-state index in [1.165, 1.54) is 41.4 Å². The van der Waals surface area contributed by atoms with Gasteiger partial charge >= 0.3 is 34.7 Å². The van der Waals surface area contributed by atoms with Gasteiger partial charge in [-0.25, -0.2) is 33.4 Å². The molecule has 4 aromatic heterocycles. The van der Waals surface area contributed by atoms with E-state index in [1.54, 1.807) is 74.5 Å². The van der Waals surface area contributed by atoms with E-state index < -0.39 is 119 Å². The quantitative estimate of drug-likeness (QED) is 0.0103. The zero-order valence-electron chi connectivity index (χ0n) is 61.5. The summed E-state index contributed by atoms with van der Waals surface area (Å²) in [5.74, 6) is -1.13. The van der Waals surface area contributed by atoms with Gasteiger partial charge < -0.3 is 57.6 Å². The van der Waals surface area contributed by atoms with Crippen LogP contribution in [-0.2, 0) is 47.1 Å². The molecule has 6 aromatic rings. The first-order valence-corrected chi connectivity index (χ1v) is 35.5. The smallest absolute Gasteiger partial charge is 0.338 e. The Hall–Kier alpha value is -9.04. The van der Waals surface area contributed by atoms with Crippen LogP contribution in [0.15, 0.2) is 148 Å². The van der Waals surface area contributed by atoms with Crippen LogP contribution in [0.4, 0.5) is 0 Å². The summed E-state index contributed by atoms with van der Waals surface area (Å²) in [6.45, 7) is 21.9. The molecule has 2 aromatic carbocycles. The van der Waals surface area contributed by atoms with Crippen LogP contribution in [0.1, 0.15) is 186 Å². The fraction of sp³-hybridized carbons (Fsp3) is 0.535. The molecule has 0 aliphatic heterocycles. The molecule has 0 bridgehead atoms. The number of nitriles is 1. The predicted molar refractivity (Wildman–Crippen MR) is 387 cm³/mol. The Morgan fingerprint density at radius 1 is 0.505 bits per heavy atom. The summed E-state index contributed by atoms with van der Waals surface area (Å²) in [6, 6.07) is 23.9. The lowest BCUT2D eigenvalue weighted by atomic mass is 9.98. The number of aromatic amines is 4. The Bertz CT molecular complexity index is 4120. The second-order valence-electron chi connectivity index (χ2n) is 24.2. The topological polar surface area (TPSA) is 449 Å². The number of carbonyl (C=O) groups is 4. The van der Waals surface area contributed by atoms with E-state index in [0.29, 0.717) is 75.1 Å². The van der Waals surface area contributed by atoms with Crippen LogP contribution >= 0.6 is 8.53 Å². The number of H-pyrrole nitrogens is 4. The van der Waals surface area contributed by atoms with Crippen molar-refractivity contribution < 1.29 is 72.0 Å². The van der Waals surface area contributed by atoms with Crippen LogP contribution in [0.2, 0.25) is 0 Å². The average Bonchev–Trinajstić information content (AvgIpc) is 0.713. The molecule has 0 radical (unpaired) electrons. The fourth-order valence-electron chi connectivity index (χ4n) is 10.1. The summed E-state index contributed by atoms with van der Waals surface area (Å²) in [7, 11) is -1.53. The number of rotatable bonds is 40. The molecule has 4 heterocycles. The van der Waals surface area contributed by atoms with E-state index in [0.717, 1.165) is 26.0 Å². The van der Waals surface area contributed by atoms with Gasteiger partial charge in [-0.3, -0.25) is 62.2 Å². The van der Waals surface area contributed by atoms with Gasteiger partial charge in [-0.1, -0.05) is 91.8 Å². The molecule has 105 heavy (non-hydrogen) atoms. The number of hydrogen-bond donors (Lipinski definition) is 7. The fourth-order valence-corrected chi connectivity index (χ4v) is 11.8. The monoisotopic (exact) mass is 1490 g/mol. The zero-order valence-corrected chi connectivity index (χ0v) is 62.4. The Balaban J connectivity index is 0.000000383. The van der Waals surface area contributed by atoms with E-state index >= 15 is 0 Å².